The number of carbonyl (C=O) groups is 1. The third-order valence-electron chi connectivity index (χ3n) is 3.43. The lowest BCUT2D eigenvalue weighted by Gasteiger charge is -2.07. The first-order valence-corrected chi connectivity index (χ1v) is 7.08. The fraction of sp³-hybridized carbons (Fsp3) is 0.167. The molecule has 0 bridgehead atoms. The number of hydrogen-bond donors (Lipinski definition) is 0. The Morgan fingerprint density at radius 2 is 1.91 bits per heavy atom. The normalized spacial score (nSPS) is 10.6. The van der Waals surface area contributed by atoms with E-state index in [2.05, 4.69) is 0 Å². The summed E-state index contributed by atoms with van der Waals surface area (Å²) in [7, 11) is 1.92. The van der Waals surface area contributed by atoms with E-state index in [1.54, 1.807) is 6.20 Å². The van der Waals surface area contributed by atoms with E-state index in [1.807, 2.05) is 60.1 Å². The standard InChI is InChI=1S/C18H17NO3/c1-13(20)22-18-11-19(2)17-9-8-15(10-16(17)18)21-12-14-6-4-3-5-7-14/h3-11H,12H2,1-2H3. The van der Waals surface area contributed by atoms with E-state index in [0.717, 1.165) is 22.2 Å². The van der Waals surface area contributed by atoms with Crippen molar-refractivity contribution in [1.82, 2.24) is 4.57 Å². The second kappa shape index (κ2) is 5.93. The van der Waals surface area contributed by atoms with E-state index < -0.39 is 0 Å². The highest BCUT2D eigenvalue weighted by atomic mass is 16.5. The highest BCUT2D eigenvalue weighted by Crippen LogP contribution is 2.31. The molecule has 0 spiro atoms. The summed E-state index contributed by atoms with van der Waals surface area (Å²) in [6.07, 6.45) is 1.80. The summed E-state index contributed by atoms with van der Waals surface area (Å²) < 4.78 is 13.0. The summed E-state index contributed by atoms with van der Waals surface area (Å²) in [6, 6.07) is 15.8. The molecule has 3 aromatic rings. The molecule has 0 N–H and O–H groups in total. The number of benzene rings is 2. The summed E-state index contributed by atoms with van der Waals surface area (Å²) in [5, 5.41) is 0.864. The zero-order chi connectivity index (χ0) is 15.5. The zero-order valence-corrected chi connectivity index (χ0v) is 12.6. The molecule has 1 heterocycles. The van der Waals surface area contributed by atoms with Gasteiger partial charge in [-0.3, -0.25) is 4.79 Å². The minimum absolute atomic E-state index is 0.330. The van der Waals surface area contributed by atoms with Crippen LogP contribution in [0.15, 0.2) is 54.7 Å². The minimum atomic E-state index is -0.330. The Hall–Kier alpha value is -2.75. The van der Waals surface area contributed by atoms with Gasteiger partial charge in [0.05, 0.1) is 5.52 Å². The summed E-state index contributed by atoms with van der Waals surface area (Å²) in [5.74, 6) is 0.967. The van der Waals surface area contributed by atoms with E-state index in [-0.39, 0.29) is 5.97 Å². The van der Waals surface area contributed by atoms with Crippen molar-refractivity contribution in [1.29, 1.82) is 0 Å². The molecule has 1 aromatic heterocycles. The number of esters is 1. The molecule has 0 saturated carbocycles. The molecule has 0 saturated heterocycles. The van der Waals surface area contributed by atoms with Crippen LogP contribution < -0.4 is 9.47 Å². The number of carbonyl (C=O) groups excluding carboxylic acids is 1. The first kappa shape index (κ1) is 14.2. The highest BCUT2D eigenvalue weighted by molar-refractivity contribution is 5.90. The number of hydrogen-bond acceptors (Lipinski definition) is 3. The minimum Gasteiger partial charge on any atom is -0.489 e. The van der Waals surface area contributed by atoms with Crippen molar-refractivity contribution in [2.45, 2.75) is 13.5 Å². The lowest BCUT2D eigenvalue weighted by atomic mass is 10.2. The van der Waals surface area contributed by atoms with Gasteiger partial charge in [-0.1, -0.05) is 30.3 Å². The van der Waals surface area contributed by atoms with E-state index in [4.69, 9.17) is 9.47 Å². The first-order chi connectivity index (χ1) is 10.6. The van der Waals surface area contributed by atoms with Crippen molar-refractivity contribution in [2.75, 3.05) is 0 Å². The number of aromatic nitrogens is 1. The summed E-state index contributed by atoms with van der Waals surface area (Å²) in [6.45, 7) is 1.90. The fourth-order valence-electron chi connectivity index (χ4n) is 2.40. The largest absolute Gasteiger partial charge is 0.489 e. The first-order valence-electron chi connectivity index (χ1n) is 7.08. The van der Waals surface area contributed by atoms with Crippen LogP contribution in [0.3, 0.4) is 0 Å². The van der Waals surface area contributed by atoms with Crippen LogP contribution in [0, 0.1) is 0 Å². The second-order valence-corrected chi connectivity index (χ2v) is 5.15. The van der Waals surface area contributed by atoms with E-state index >= 15 is 0 Å². The van der Waals surface area contributed by atoms with Gasteiger partial charge in [-0.25, -0.2) is 0 Å². The van der Waals surface area contributed by atoms with Gasteiger partial charge in [-0.15, -0.1) is 0 Å². The van der Waals surface area contributed by atoms with Crippen LogP contribution >= 0.6 is 0 Å². The third kappa shape index (κ3) is 2.96. The molecule has 0 aliphatic rings. The summed E-state index contributed by atoms with van der Waals surface area (Å²) in [4.78, 5) is 11.2. The van der Waals surface area contributed by atoms with Crippen molar-refractivity contribution in [3.63, 3.8) is 0 Å². The molecule has 0 radical (unpaired) electrons. The Labute approximate surface area is 128 Å². The smallest absolute Gasteiger partial charge is 0.308 e. The Morgan fingerprint density at radius 1 is 1.14 bits per heavy atom. The highest BCUT2D eigenvalue weighted by Gasteiger charge is 2.11. The van der Waals surface area contributed by atoms with Crippen LogP contribution in [0.4, 0.5) is 0 Å². The molecule has 22 heavy (non-hydrogen) atoms. The molecular formula is C18H17NO3. The molecule has 4 heteroatoms. The second-order valence-electron chi connectivity index (χ2n) is 5.15. The Bertz CT molecular complexity index is 806. The number of rotatable bonds is 4. The molecule has 112 valence electrons. The summed E-state index contributed by atoms with van der Waals surface area (Å²) in [5.41, 5.74) is 2.10. The summed E-state index contributed by atoms with van der Waals surface area (Å²) >= 11 is 0. The maximum atomic E-state index is 11.2. The number of ether oxygens (including phenoxy) is 2. The SMILES string of the molecule is CC(=O)Oc1cn(C)c2ccc(OCc3ccccc3)cc12. The van der Waals surface area contributed by atoms with Crippen LogP contribution in [0.25, 0.3) is 10.9 Å². The molecule has 0 aliphatic carbocycles. The molecule has 0 aliphatic heterocycles. The van der Waals surface area contributed by atoms with Crippen molar-refractivity contribution >= 4 is 16.9 Å². The Balaban J connectivity index is 1.86. The van der Waals surface area contributed by atoms with E-state index in [9.17, 15) is 4.79 Å². The molecule has 0 amide bonds. The predicted octanol–water partition coefficient (Wildman–Crippen LogP) is 3.68. The number of nitrogens with zero attached hydrogens (tertiary/aromatic N) is 1. The van der Waals surface area contributed by atoms with E-state index in [1.165, 1.54) is 6.92 Å². The predicted molar refractivity (Wildman–Crippen MR) is 85.0 cm³/mol. The molecule has 0 fully saturated rings. The topological polar surface area (TPSA) is 40.5 Å². The van der Waals surface area contributed by atoms with Crippen LogP contribution in [-0.2, 0) is 18.4 Å². The monoisotopic (exact) mass is 295 g/mol. The van der Waals surface area contributed by atoms with Gasteiger partial charge in [0.2, 0.25) is 0 Å². The van der Waals surface area contributed by atoms with Crippen LogP contribution in [0.2, 0.25) is 0 Å². The molecule has 2 aromatic carbocycles. The van der Waals surface area contributed by atoms with Crippen LogP contribution in [0.1, 0.15) is 12.5 Å². The van der Waals surface area contributed by atoms with Gasteiger partial charge in [0.15, 0.2) is 5.75 Å². The number of fused-ring (bicyclic) bond motifs is 1. The van der Waals surface area contributed by atoms with Crippen LogP contribution in [0.5, 0.6) is 11.5 Å². The van der Waals surface area contributed by atoms with Gasteiger partial charge >= 0.3 is 5.97 Å². The zero-order valence-electron chi connectivity index (χ0n) is 12.6. The van der Waals surface area contributed by atoms with Gasteiger partial charge in [0.1, 0.15) is 12.4 Å². The fourth-order valence-corrected chi connectivity index (χ4v) is 2.40. The van der Waals surface area contributed by atoms with Gasteiger partial charge in [-0.2, -0.15) is 0 Å². The van der Waals surface area contributed by atoms with Gasteiger partial charge in [-0.05, 0) is 23.8 Å². The molecule has 0 unspecified atom stereocenters. The molecule has 3 rings (SSSR count). The van der Waals surface area contributed by atoms with Gasteiger partial charge in [0.25, 0.3) is 0 Å². The van der Waals surface area contributed by atoms with Crippen molar-refractivity contribution < 1.29 is 14.3 Å². The molecule has 4 nitrogen and oxygen atoms in total. The maximum absolute atomic E-state index is 11.2. The Morgan fingerprint density at radius 3 is 2.64 bits per heavy atom. The van der Waals surface area contributed by atoms with Crippen molar-refractivity contribution in [2.24, 2.45) is 7.05 Å². The average Bonchev–Trinajstić information content (AvgIpc) is 2.81. The average molecular weight is 295 g/mol. The van der Waals surface area contributed by atoms with Gasteiger partial charge < -0.3 is 14.0 Å². The maximum Gasteiger partial charge on any atom is 0.308 e. The van der Waals surface area contributed by atoms with E-state index in [0.29, 0.717) is 12.4 Å². The molecule has 0 atom stereocenters. The Kier molecular flexibility index (Phi) is 3.83. The third-order valence-corrected chi connectivity index (χ3v) is 3.43. The van der Waals surface area contributed by atoms with Gasteiger partial charge in [0, 0.05) is 25.6 Å². The lowest BCUT2D eigenvalue weighted by Crippen LogP contribution is -2.00. The van der Waals surface area contributed by atoms with Crippen molar-refractivity contribution in [3.8, 4) is 11.5 Å². The quantitative estimate of drug-likeness (QED) is 0.689. The lowest BCUT2D eigenvalue weighted by molar-refractivity contribution is -0.131. The molecular weight excluding hydrogens is 278 g/mol. The van der Waals surface area contributed by atoms with Crippen molar-refractivity contribution in [3.05, 3.63) is 60.3 Å². The van der Waals surface area contributed by atoms with Crippen LogP contribution in [-0.4, -0.2) is 10.5 Å². The number of aryl methyl sites for hydroxylation is 1.